The van der Waals surface area contributed by atoms with Crippen molar-refractivity contribution >= 4 is 13.6 Å². The van der Waals surface area contributed by atoms with E-state index in [0.717, 1.165) is 11.4 Å². The standard InChI is InChI=1S/C26H36N9O5P/c1-2-22-5-3-7-24(29-22)18-32-9-11-34(20-26(36)37)12-10-33(14-16-35(15-13-32)21-41(38,39)40)19-25-8-4-6-23(30-25)17-28-31-27/h1,3-8H,9-21H2,(H,36,37)(H2,38,39,40). The highest BCUT2D eigenvalue weighted by Gasteiger charge is 2.23. The molecule has 3 heterocycles. The maximum Gasteiger partial charge on any atom is 0.339 e. The van der Waals surface area contributed by atoms with Crippen molar-refractivity contribution in [2.45, 2.75) is 19.6 Å². The topological polar surface area (TPSA) is 182 Å². The van der Waals surface area contributed by atoms with Crippen LogP contribution in [0.25, 0.3) is 10.4 Å². The van der Waals surface area contributed by atoms with Gasteiger partial charge in [-0.05, 0) is 29.8 Å². The number of hydrogen-bond donors (Lipinski definition) is 3. The van der Waals surface area contributed by atoms with Crippen molar-refractivity contribution in [2.24, 2.45) is 5.11 Å². The molecule has 2 aromatic rings. The molecule has 0 bridgehead atoms. The molecule has 0 radical (unpaired) electrons. The molecule has 1 saturated heterocycles. The molecule has 0 amide bonds. The fourth-order valence-electron chi connectivity index (χ4n) is 4.56. The molecule has 0 unspecified atom stereocenters. The molecule has 1 aliphatic rings. The van der Waals surface area contributed by atoms with Crippen LogP contribution in [0.4, 0.5) is 0 Å². The second-order valence-electron chi connectivity index (χ2n) is 9.81. The first-order valence-corrected chi connectivity index (χ1v) is 15.0. The van der Waals surface area contributed by atoms with Crippen LogP contribution in [0.2, 0.25) is 0 Å². The molecule has 220 valence electrons. The van der Waals surface area contributed by atoms with Gasteiger partial charge in [-0.1, -0.05) is 23.2 Å². The Labute approximate surface area is 239 Å². The fraction of sp³-hybridized carbons (Fsp3) is 0.500. The first-order valence-electron chi connectivity index (χ1n) is 13.2. The number of carbonyl (C=O) groups is 1. The van der Waals surface area contributed by atoms with Gasteiger partial charge in [-0.25, -0.2) is 4.98 Å². The third-order valence-corrected chi connectivity index (χ3v) is 7.33. The highest BCUT2D eigenvalue weighted by Crippen LogP contribution is 2.35. The van der Waals surface area contributed by atoms with Crippen LogP contribution in [0.15, 0.2) is 41.5 Å². The first kappa shape index (κ1) is 32.1. The van der Waals surface area contributed by atoms with Gasteiger partial charge in [-0.15, -0.1) is 6.42 Å². The maximum atomic E-state index is 11.9. The highest BCUT2D eigenvalue weighted by atomic mass is 31.2. The van der Waals surface area contributed by atoms with Gasteiger partial charge in [0.25, 0.3) is 0 Å². The van der Waals surface area contributed by atoms with Crippen molar-refractivity contribution in [3.05, 3.63) is 69.6 Å². The molecule has 1 fully saturated rings. The van der Waals surface area contributed by atoms with Gasteiger partial charge >= 0.3 is 13.6 Å². The number of pyridine rings is 2. The Bertz CT molecular complexity index is 1290. The van der Waals surface area contributed by atoms with Gasteiger partial charge in [0, 0.05) is 76.1 Å². The molecular weight excluding hydrogens is 549 g/mol. The van der Waals surface area contributed by atoms with E-state index < -0.39 is 13.6 Å². The Hall–Kier alpha value is -3.37. The summed E-state index contributed by atoms with van der Waals surface area (Å²) >= 11 is 0. The molecule has 1 aliphatic heterocycles. The molecule has 2 aromatic heterocycles. The van der Waals surface area contributed by atoms with Crippen LogP contribution in [-0.2, 0) is 29.0 Å². The van der Waals surface area contributed by atoms with E-state index in [4.69, 9.17) is 12.0 Å². The summed E-state index contributed by atoms with van der Waals surface area (Å²) in [6, 6.07) is 10.9. The Balaban J connectivity index is 1.80. The summed E-state index contributed by atoms with van der Waals surface area (Å²) in [6.07, 6.45) is 5.13. The van der Waals surface area contributed by atoms with Crippen molar-refractivity contribution in [1.82, 2.24) is 29.6 Å². The zero-order valence-electron chi connectivity index (χ0n) is 22.9. The quantitative estimate of drug-likeness (QED) is 0.120. The summed E-state index contributed by atoms with van der Waals surface area (Å²) in [5.41, 5.74) is 11.3. The zero-order chi connectivity index (χ0) is 29.7. The number of hydrogen-bond acceptors (Lipinski definition) is 9. The molecule has 0 aromatic carbocycles. The van der Waals surface area contributed by atoms with E-state index in [1.54, 1.807) is 17.0 Å². The Morgan fingerprint density at radius 1 is 0.902 bits per heavy atom. The molecule has 0 atom stereocenters. The van der Waals surface area contributed by atoms with Crippen LogP contribution in [0.3, 0.4) is 0 Å². The van der Waals surface area contributed by atoms with E-state index in [-0.39, 0.29) is 19.4 Å². The van der Waals surface area contributed by atoms with E-state index in [9.17, 15) is 24.3 Å². The summed E-state index contributed by atoms with van der Waals surface area (Å²) in [6.45, 7) is 4.68. The average molecular weight is 586 g/mol. The van der Waals surface area contributed by atoms with Gasteiger partial charge in [-0.3, -0.25) is 33.9 Å². The number of aromatic nitrogens is 2. The van der Waals surface area contributed by atoms with Crippen LogP contribution in [0.5, 0.6) is 0 Å². The molecule has 41 heavy (non-hydrogen) atoms. The lowest BCUT2D eigenvalue weighted by Crippen LogP contribution is -2.46. The number of azide groups is 1. The van der Waals surface area contributed by atoms with Crippen molar-refractivity contribution in [2.75, 3.05) is 65.2 Å². The van der Waals surface area contributed by atoms with Crippen LogP contribution >= 0.6 is 7.60 Å². The number of aliphatic carboxylic acids is 1. The van der Waals surface area contributed by atoms with Crippen molar-refractivity contribution in [1.29, 1.82) is 0 Å². The SMILES string of the molecule is C#Cc1cccc(CN2CCN(CC(=O)O)CCN(Cc3cccc(CN=[N+]=[N-])n3)CCN(CP(=O)(O)O)CC2)n1. The zero-order valence-corrected chi connectivity index (χ0v) is 23.8. The second kappa shape index (κ2) is 16.2. The molecule has 0 aliphatic carbocycles. The Kier molecular flexibility index (Phi) is 12.7. The summed E-state index contributed by atoms with van der Waals surface area (Å²) in [4.78, 5) is 50.8. The van der Waals surface area contributed by atoms with Crippen molar-refractivity contribution in [3.63, 3.8) is 0 Å². The van der Waals surface area contributed by atoms with Crippen molar-refractivity contribution in [3.8, 4) is 12.3 Å². The predicted octanol–water partition coefficient (Wildman–Crippen LogP) is 1.41. The van der Waals surface area contributed by atoms with Gasteiger partial charge in [0.05, 0.1) is 24.5 Å². The highest BCUT2D eigenvalue weighted by molar-refractivity contribution is 7.51. The van der Waals surface area contributed by atoms with E-state index >= 15 is 0 Å². The van der Waals surface area contributed by atoms with Crippen molar-refractivity contribution < 1.29 is 24.3 Å². The van der Waals surface area contributed by atoms with Gasteiger partial charge < -0.3 is 14.9 Å². The molecule has 15 heteroatoms. The summed E-state index contributed by atoms with van der Waals surface area (Å²) in [7, 11) is -4.31. The third kappa shape index (κ3) is 12.4. The van der Waals surface area contributed by atoms with Gasteiger partial charge in [0.1, 0.15) is 12.0 Å². The number of carboxylic acids is 1. The normalized spacial score (nSPS) is 17.1. The molecule has 0 spiro atoms. The molecule has 0 saturated carbocycles. The maximum absolute atomic E-state index is 11.9. The Morgan fingerprint density at radius 2 is 1.41 bits per heavy atom. The van der Waals surface area contributed by atoms with E-state index in [0.29, 0.717) is 76.8 Å². The van der Waals surface area contributed by atoms with E-state index in [2.05, 4.69) is 35.7 Å². The Morgan fingerprint density at radius 3 is 1.95 bits per heavy atom. The molecule has 14 nitrogen and oxygen atoms in total. The second-order valence-corrected chi connectivity index (χ2v) is 11.4. The minimum atomic E-state index is -4.31. The van der Waals surface area contributed by atoms with Gasteiger partial charge in [-0.2, -0.15) is 0 Å². The number of carboxylic acid groups (broad SMARTS) is 1. The lowest BCUT2D eigenvalue weighted by molar-refractivity contribution is -0.138. The summed E-state index contributed by atoms with van der Waals surface area (Å²) < 4.78 is 11.9. The fourth-order valence-corrected chi connectivity index (χ4v) is 5.37. The summed E-state index contributed by atoms with van der Waals surface area (Å²) in [5, 5.41) is 13.1. The first-order chi connectivity index (χ1) is 19.6. The van der Waals surface area contributed by atoms with Crippen LogP contribution in [0, 0.1) is 12.3 Å². The summed E-state index contributed by atoms with van der Waals surface area (Å²) in [5.74, 6) is 1.61. The van der Waals surface area contributed by atoms with Crippen LogP contribution in [-0.4, -0.2) is 116 Å². The third-order valence-electron chi connectivity index (χ3n) is 6.56. The monoisotopic (exact) mass is 585 g/mol. The molecule has 3 N–H and O–H groups in total. The smallest absolute Gasteiger partial charge is 0.339 e. The van der Waals surface area contributed by atoms with Crippen LogP contribution in [0.1, 0.15) is 22.8 Å². The van der Waals surface area contributed by atoms with Gasteiger partial charge in [0.2, 0.25) is 0 Å². The predicted molar refractivity (Wildman–Crippen MR) is 152 cm³/mol. The molecule has 3 rings (SSSR count). The van der Waals surface area contributed by atoms with E-state index in [1.807, 2.05) is 29.2 Å². The number of terminal acetylenes is 1. The minimum absolute atomic E-state index is 0.114. The molecular formula is C26H36N9O5P. The number of nitrogens with zero attached hydrogens (tertiary/aromatic N) is 9. The lowest BCUT2D eigenvalue weighted by atomic mass is 10.2. The van der Waals surface area contributed by atoms with E-state index in [1.165, 1.54) is 0 Å². The minimum Gasteiger partial charge on any atom is -0.480 e. The lowest BCUT2D eigenvalue weighted by Gasteiger charge is -2.33. The number of rotatable bonds is 10. The van der Waals surface area contributed by atoms with Crippen LogP contribution < -0.4 is 0 Å². The van der Waals surface area contributed by atoms with Gasteiger partial charge in [0.15, 0.2) is 0 Å². The average Bonchev–Trinajstić information content (AvgIpc) is 2.92. The largest absolute Gasteiger partial charge is 0.480 e.